The summed E-state index contributed by atoms with van der Waals surface area (Å²) in [5.41, 5.74) is 4.83. The van der Waals surface area contributed by atoms with Crippen molar-refractivity contribution in [1.82, 2.24) is 0 Å². The lowest BCUT2D eigenvalue weighted by molar-refractivity contribution is 0.108. The maximum Gasteiger partial charge on any atom is 0.252 e. The van der Waals surface area contributed by atoms with E-state index < -0.39 is 16.3 Å². The number of halogens is 1. The van der Waals surface area contributed by atoms with E-state index in [1.165, 1.54) is 0 Å². The van der Waals surface area contributed by atoms with Gasteiger partial charge in [-0.1, -0.05) is 29.6 Å². The summed E-state index contributed by atoms with van der Waals surface area (Å²) in [7, 11) is 0. The summed E-state index contributed by atoms with van der Waals surface area (Å²) in [5, 5.41) is -0.554. The molecule has 110 valence electrons. The average molecular weight is 314 g/mol. The highest BCUT2D eigenvalue weighted by atomic mass is 35.5. The summed E-state index contributed by atoms with van der Waals surface area (Å²) >= 11 is 3.37. The Morgan fingerprint density at radius 2 is 1.75 bits per heavy atom. The molecule has 0 fully saturated rings. The van der Waals surface area contributed by atoms with E-state index in [1.807, 2.05) is 33.8 Å². The van der Waals surface area contributed by atoms with Crippen LogP contribution in [-0.4, -0.2) is 14.0 Å². The molecule has 0 N–H and O–H groups in total. The molecule has 3 nitrogen and oxygen atoms in total. The molecule has 1 rings (SSSR count). The van der Waals surface area contributed by atoms with Crippen LogP contribution in [0.2, 0.25) is 0 Å². The Morgan fingerprint density at radius 3 is 2.15 bits per heavy atom. The first kappa shape index (κ1) is 17.1. The number of hydrogen-bond donors (Lipinski definition) is 0. The van der Waals surface area contributed by atoms with Gasteiger partial charge in [-0.15, -0.1) is 0 Å². The summed E-state index contributed by atoms with van der Waals surface area (Å²) < 4.78 is 22.0. The third kappa shape index (κ3) is 4.01. The van der Waals surface area contributed by atoms with E-state index in [0.29, 0.717) is 17.5 Å². The summed E-state index contributed by atoms with van der Waals surface area (Å²) in [6.07, 6.45) is 0.664. The highest BCUT2D eigenvalue weighted by Crippen LogP contribution is 2.28. The number of hydrogen-bond acceptors (Lipinski definition) is 3. The van der Waals surface area contributed by atoms with Crippen molar-refractivity contribution in [2.24, 2.45) is 0 Å². The van der Waals surface area contributed by atoms with Crippen LogP contribution in [0.1, 0.15) is 54.7 Å². The second kappa shape index (κ2) is 7.16. The van der Waals surface area contributed by atoms with Crippen molar-refractivity contribution in [3.05, 3.63) is 40.0 Å². The number of rotatable bonds is 5. The molecule has 1 aromatic carbocycles. The lowest BCUT2D eigenvalue weighted by Gasteiger charge is -2.17. The van der Waals surface area contributed by atoms with E-state index in [4.69, 9.17) is 11.6 Å². The summed E-state index contributed by atoms with van der Waals surface area (Å²) in [4.78, 5) is 11.5. The van der Waals surface area contributed by atoms with Gasteiger partial charge in [-0.05, 0) is 67.1 Å². The predicted molar refractivity (Wildman–Crippen MR) is 82.6 cm³/mol. The maximum absolute atomic E-state index is 11.5. The fourth-order valence-electron chi connectivity index (χ4n) is 2.03. The molecule has 1 atom stereocenters. The van der Waals surface area contributed by atoms with Crippen molar-refractivity contribution >= 4 is 33.5 Å². The minimum Gasteiger partial charge on any atom is -0.772 e. The van der Waals surface area contributed by atoms with Gasteiger partial charge in [-0.3, -0.25) is 9.00 Å². The highest BCUT2D eigenvalue weighted by molar-refractivity contribution is 7.78. The van der Waals surface area contributed by atoms with Crippen LogP contribution >= 0.6 is 11.6 Å². The number of allylic oxidation sites excluding steroid dienone is 2. The molecule has 0 saturated carbocycles. The molecule has 0 bridgehead atoms. The van der Waals surface area contributed by atoms with Crippen molar-refractivity contribution in [3.63, 3.8) is 0 Å². The third-order valence-electron chi connectivity index (χ3n) is 3.35. The quantitative estimate of drug-likeness (QED) is 0.613. The second-order valence-electron chi connectivity index (χ2n) is 4.87. The molecule has 1 unspecified atom stereocenters. The molecular formula is C15H18ClO3S-. The van der Waals surface area contributed by atoms with E-state index in [1.54, 1.807) is 6.07 Å². The molecule has 0 aliphatic heterocycles. The van der Waals surface area contributed by atoms with Gasteiger partial charge in [-0.25, -0.2) is 0 Å². The Hall–Kier alpha value is -0.970. The zero-order valence-electron chi connectivity index (χ0n) is 12.1. The van der Waals surface area contributed by atoms with Crippen LogP contribution in [0, 0.1) is 0 Å². The molecule has 0 aromatic heterocycles. The predicted octanol–water partition coefficient (Wildman–Crippen LogP) is 3.82. The Labute approximate surface area is 127 Å². The normalized spacial score (nSPS) is 12.1. The highest BCUT2D eigenvalue weighted by Gasteiger charge is 2.14. The van der Waals surface area contributed by atoms with Gasteiger partial charge in [0.2, 0.25) is 0 Å². The van der Waals surface area contributed by atoms with Gasteiger partial charge in [-0.2, -0.15) is 0 Å². The molecule has 0 spiro atoms. The number of carbonyl (C=O) groups is 1. The zero-order valence-corrected chi connectivity index (χ0v) is 13.7. The SMILES string of the molecule is CCc1cc(C(C)=C(C)C)c(CS(=O)[O-])cc1C(=O)Cl. The van der Waals surface area contributed by atoms with Gasteiger partial charge < -0.3 is 4.55 Å². The lowest BCUT2D eigenvalue weighted by Crippen LogP contribution is -2.05. The Kier molecular flexibility index (Phi) is 6.11. The van der Waals surface area contributed by atoms with Crippen molar-refractivity contribution in [2.75, 3.05) is 0 Å². The largest absolute Gasteiger partial charge is 0.772 e. The lowest BCUT2D eigenvalue weighted by atomic mass is 9.92. The van der Waals surface area contributed by atoms with Crippen molar-refractivity contribution in [1.29, 1.82) is 0 Å². The van der Waals surface area contributed by atoms with Gasteiger partial charge in [0.05, 0.1) is 0 Å². The van der Waals surface area contributed by atoms with E-state index in [2.05, 4.69) is 0 Å². The molecule has 20 heavy (non-hydrogen) atoms. The second-order valence-corrected chi connectivity index (χ2v) is 6.11. The molecule has 0 radical (unpaired) electrons. The maximum atomic E-state index is 11.5. The van der Waals surface area contributed by atoms with Crippen molar-refractivity contribution in [3.8, 4) is 0 Å². The Morgan fingerprint density at radius 1 is 1.20 bits per heavy atom. The van der Waals surface area contributed by atoms with E-state index >= 15 is 0 Å². The van der Waals surface area contributed by atoms with Crippen LogP contribution in [0.25, 0.3) is 5.57 Å². The van der Waals surface area contributed by atoms with Crippen LogP contribution in [0.15, 0.2) is 17.7 Å². The standard InChI is InChI=1S/C15H19ClO3S/c1-5-11-6-13(10(4)9(2)3)12(8-20(18)19)7-14(11)15(16)17/h6-7H,5,8H2,1-4H3,(H,18,19)/p-1. The van der Waals surface area contributed by atoms with Gasteiger partial charge in [0, 0.05) is 11.3 Å². The van der Waals surface area contributed by atoms with E-state index in [9.17, 15) is 13.6 Å². The first-order valence-corrected chi connectivity index (χ1v) is 7.96. The molecule has 0 saturated heterocycles. The van der Waals surface area contributed by atoms with Gasteiger partial charge in [0.25, 0.3) is 5.24 Å². The molecule has 0 aliphatic rings. The van der Waals surface area contributed by atoms with Gasteiger partial charge >= 0.3 is 0 Å². The van der Waals surface area contributed by atoms with E-state index in [-0.39, 0.29) is 5.75 Å². The Bertz CT molecular complexity index is 587. The summed E-state index contributed by atoms with van der Waals surface area (Å²) in [6.45, 7) is 7.83. The molecule has 0 heterocycles. The molecule has 1 aromatic rings. The zero-order chi connectivity index (χ0) is 15.4. The smallest absolute Gasteiger partial charge is 0.252 e. The van der Waals surface area contributed by atoms with Crippen molar-refractivity contribution in [2.45, 2.75) is 39.9 Å². The summed E-state index contributed by atoms with van der Waals surface area (Å²) in [5.74, 6) is -0.124. The molecule has 0 aliphatic carbocycles. The topological polar surface area (TPSA) is 57.2 Å². The third-order valence-corrected chi connectivity index (χ3v) is 4.10. The fourth-order valence-corrected chi connectivity index (χ4v) is 2.70. The summed E-state index contributed by atoms with van der Waals surface area (Å²) in [6, 6.07) is 3.48. The van der Waals surface area contributed by atoms with Gasteiger partial charge in [0.1, 0.15) is 0 Å². The first-order valence-electron chi connectivity index (χ1n) is 6.33. The monoisotopic (exact) mass is 313 g/mol. The minimum atomic E-state index is -2.21. The van der Waals surface area contributed by atoms with Crippen LogP contribution < -0.4 is 0 Å². The number of benzene rings is 1. The van der Waals surface area contributed by atoms with Crippen molar-refractivity contribution < 1.29 is 13.6 Å². The minimum absolute atomic E-state index is 0.124. The van der Waals surface area contributed by atoms with Crippen LogP contribution in [0.3, 0.4) is 0 Å². The average Bonchev–Trinajstić information content (AvgIpc) is 2.36. The van der Waals surface area contributed by atoms with E-state index in [0.717, 1.165) is 22.3 Å². The van der Waals surface area contributed by atoms with Crippen LogP contribution in [0.5, 0.6) is 0 Å². The fraction of sp³-hybridized carbons (Fsp3) is 0.400. The first-order chi connectivity index (χ1) is 9.27. The Balaban J connectivity index is 3.59. The molecule has 0 amide bonds. The number of carbonyl (C=O) groups excluding carboxylic acids is 1. The molecule has 5 heteroatoms. The van der Waals surface area contributed by atoms with Crippen LogP contribution in [-0.2, 0) is 23.3 Å². The van der Waals surface area contributed by atoms with Crippen LogP contribution in [0.4, 0.5) is 0 Å². The van der Waals surface area contributed by atoms with Gasteiger partial charge in [0.15, 0.2) is 0 Å². The number of aryl methyl sites for hydroxylation is 1. The molecular weight excluding hydrogens is 296 g/mol.